The molecule has 0 heterocycles. The van der Waals surface area contributed by atoms with Gasteiger partial charge in [0.2, 0.25) is 0 Å². The second-order valence-corrected chi connectivity index (χ2v) is 5.08. The first-order chi connectivity index (χ1) is 10.6. The molecule has 0 aliphatic carbocycles. The van der Waals surface area contributed by atoms with Gasteiger partial charge in [-0.3, -0.25) is 9.59 Å². The highest BCUT2D eigenvalue weighted by molar-refractivity contribution is 5.98. The molecule has 4 nitrogen and oxygen atoms in total. The Hall–Kier alpha value is -2.46. The van der Waals surface area contributed by atoms with E-state index in [-0.39, 0.29) is 18.8 Å². The molecule has 0 saturated carbocycles. The molecule has 2 rings (SSSR count). The van der Waals surface area contributed by atoms with Gasteiger partial charge in [-0.2, -0.15) is 0 Å². The van der Waals surface area contributed by atoms with E-state index < -0.39 is 12.1 Å². The molecule has 0 aliphatic rings. The average molecular weight is 298 g/mol. The Morgan fingerprint density at radius 1 is 1.00 bits per heavy atom. The maximum absolute atomic E-state index is 11.9. The summed E-state index contributed by atoms with van der Waals surface area (Å²) in [5.74, 6) is -0.845. The number of esters is 1. The molecule has 4 heteroatoms. The number of hydrogen-bond donors (Lipinski definition) is 1. The van der Waals surface area contributed by atoms with Crippen LogP contribution < -0.4 is 0 Å². The van der Waals surface area contributed by atoms with Crippen molar-refractivity contribution in [2.75, 3.05) is 6.61 Å². The third kappa shape index (κ3) is 4.53. The SMILES string of the molecule is CC(O)CC(=O)OCC(=O)c1ccc(-c2ccccc2)cc1. The van der Waals surface area contributed by atoms with Gasteiger partial charge in [0.25, 0.3) is 0 Å². The molecule has 0 bridgehead atoms. The summed E-state index contributed by atoms with van der Waals surface area (Å²) in [5, 5.41) is 9.06. The van der Waals surface area contributed by atoms with E-state index >= 15 is 0 Å². The van der Waals surface area contributed by atoms with Gasteiger partial charge in [-0.05, 0) is 18.1 Å². The summed E-state index contributed by atoms with van der Waals surface area (Å²) in [7, 11) is 0. The molecule has 2 aromatic rings. The highest BCUT2D eigenvalue weighted by atomic mass is 16.5. The molecule has 1 unspecified atom stereocenters. The van der Waals surface area contributed by atoms with Crippen LogP contribution in [0.2, 0.25) is 0 Å². The topological polar surface area (TPSA) is 63.6 Å². The number of aliphatic hydroxyl groups excluding tert-OH is 1. The molecule has 0 aromatic heterocycles. The van der Waals surface area contributed by atoms with Crippen molar-refractivity contribution in [3.63, 3.8) is 0 Å². The van der Waals surface area contributed by atoms with E-state index in [1.807, 2.05) is 42.5 Å². The number of benzene rings is 2. The van der Waals surface area contributed by atoms with Crippen molar-refractivity contribution >= 4 is 11.8 Å². The lowest BCUT2D eigenvalue weighted by Crippen LogP contribution is -2.17. The lowest BCUT2D eigenvalue weighted by molar-refractivity contribution is -0.144. The number of ether oxygens (including phenoxy) is 1. The first-order valence-electron chi connectivity index (χ1n) is 7.08. The van der Waals surface area contributed by atoms with Crippen molar-refractivity contribution in [2.45, 2.75) is 19.4 Å². The smallest absolute Gasteiger partial charge is 0.308 e. The minimum Gasteiger partial charge on any atom is -0.457 e. The van der Waals surface area contributed by atoms with Crippen LogP contribution in [-0.4, -0.2) is 29.6 Å². The Labute approximate surface area is 129 Å². The van der Waals surface area contributed by atoms with Crippen LogP contribution in [0, 0.1) is 0 Å². The fraction of sp³-hybridized carbons (Fsp3) is 0.222. The van der Waals surface area contributed by atoms with Crippen LogP contribution in [0.15, 0.2) is 54.6 Å². The molecule has 22 heavy (non-hydrogen) atoms. The maximum atomic E-state index is 11.9. The number of rotatable bonds is 6. The summed E-state index contributed by atoms with van der Waals surface area (Å²) in [4.78, 5) is 23.2. The maximum Gasteiger partial charge on any atom is 0.308 e. The second-order valence-electron chi connectivity index (χ2n) is 5.08. The van der Waals surface area contributed by atoms with Crippen LogP contribution in [0.25, 0.3) is 11.1 Å². The van der Waals surface area contributed by atoms with Crippen molar-refractivity contribution in [1.29, 1.82) is 0 Å². The second kappa shape index (κ2) is 7.52. The zero-order chi connectivity index (χ0) is 15.9. The van der Waals surface area contributed by atoms with Crippen LogP contribution in [-0.2, 0) is 9.53 Å². The molecule has 114 valence electrons. The van der Waals surface area contributed by atoms with Crippen LogP contribution in [0.1, 0.15) is 23.7 Å². The Bertz CT molecular complexity index is 630. The largest absolute Gasteiger partial charge is 0.457 e. The van der Waals surface area contributed by atoms with Gasteiger partial charge in [-0.15, -0.1) is 0 Å². The molecule has 1 atom stereocenters. The molecule has 0 saturated heterocycles. The Morgan fingerprint density at radius 2 is 1.59 bits per heavy atom. The zero-order valence-corrected chi connectivity index (χ0v) is 12.4. The lowest BCUT2D eigenvalue weighted by Gasteiger charge is -2.06. The molecule has 0 radical (unpaired) electrons. The van der Waals surface area contributed by atoms with Gasteiger partial charge in [0.15, 0.2) is 12.4 Å². The zero-order valence-electron chi connectivity index (χ0n) is 12.4. The first kappa shape index (κ1) is 15.9. The van der Waals surface area contributed by atoms with Gasteiger partial charge in [0.05, 0.1) is 12.5 Å². The molecule has 0 amide bonds. The monoisotopic (exact) mass is 298 g/mol. The van der Waals surface area contributed by atoms with Gasteiger partial charge in [0.1, 0.15) is 0 Å². The summed E-state index contributed by atoms with van der Waals surface area (Å²) < 4.78 is 4.84. The predicted molar refractivity (Wildman–Crippen MR) is 83.5 cm³/mol. The van der Waals surface area contributed by atoms with Crippen molar-refractivity contribution in [1.82, 2.24) is 0 Å². The minimum atomic E-state index is -0.771. The van der Waals surface area contributed by atoms with E-state index in [2.05, 4.69) is 0 Å². The van der Waals surface area contributed by atoms with Crippen LogP contribution >= 0.6 is 0 Å². The van der Waals surface area contributed by atoms with Crippen LogP contribution in [0.5, 0.6) is 0 Å². The quantitative estimate of drug-likeness (QED) is 0.658. The van der Waals surface area contributed by atoms with E-state index in [9.17, 15) is 9.59 Å². The third-order valence-electron chi connectivity index (χ3n) is 3.14. The average Bonchev–Trinajstić information content (AvgIpc) is 2.53. The number of aliphatic hydroxyl groups is 1. The van der Waals surface area contributed by atoms with Gasteiger partial charge >= 0.3 is 5.97 Å². The number of hydrogen-bond acceptors (Lipinski definition) is 4. The number of carbonyl (C=O) groups is 2. The molecule has 0 spiro atoms. The molecule has 1 N–H and O–H groups in total. The molecule has 2 aromatic carbocycles. The highest BCUT2D eigenvalue weighted by Crippen LogP contribution is 2.19. The van der Waals surface area contributed by atoms with E-state index in [1.54, 1.807) is 12.1 Å². The van der Waals surface area contributed by atoms with Gasteiger partial charge in [-0.25, -0.2) is 0 Å². The van der Waals surface area contributed by atoms with E-state index in [0.717, 1.165) is 11.1 Å². The number of carbonyl (C=O) groups excluding carboxylic acids is 2. The van der Waals surface area contributed by atoms with Crippen LogP contribution in [0.3, 0.4) is 0 Å². The van der Waals surface area contributed by atoms with Crippen LogP contribution in [0.4, 0.5) is 0 Å². The standard InChI is InChI=1S/C18H18O4/c1-13(19)11-18(21)22-12-17(20)16-9-7-15(8-10-16)14-5-3-2-4-6-14/h2-10,13,19H,11-12H2,1H3. The fourth-order valence-corrected chi connectivity index (χ4v) is 2.01. The molecule has 0 aliphatic heterocycles. The summed E-state index contributed by atoms with van der Waals surface area (Å²) in [5.41, 5.74) is 2.58. The molecule has 0 fully saturated rings. The summed E-state index contributed by atoms with van der Waals surface area (Å²) in [6.45, 7) is 1.18. The van der Waals surface area contributed by atoms with E-state index in [0.29, 0.717) is 5.56 Å². The van der Waals surface area contributed by atoms with Crippen molar-refractivity contribution in [3.05, 3.63) is 60.2 Å². The summed E-state index contributed by atoms with van der Waals surface area (Å²) in [6.07, 6.45) is -0.881. The Morgan fingerprint density at radius 3 is 2.18 bits per heavy atom. The van der Waals surface area contributed by atoms with Gasteiger partial charge in [-0.1, -0.05) is 54.6 Å². The van der Waals surface area contributed by atoms with Crippen molar-refractivity contribution in [2.24, 2.45) is 0 Å². The molecular weight excluding hydrogens is 280 g/mol. The van der Waals surface area contributed by atoms with E-state index in [4.69, 9.17) is 9.84 Å². The fourth-order valence-electron chi connectivity index (χ4n) is 2.01. The number of Topliss-reactive ketones (excluding diaryl/α,β-unsaturated/α-hetero) is 1. The van der Waals surface area contributed by atoms with Crippen molar-refractivity contribution < 1.29 is 19.4 Å². The molecular formula is C18H18O4. The summed E-state index contributed by atoms with van der Waals surface area (Å²) >= 11 is 0. The Balaban J connectivity index is 1.95. The van der Waals surface area contributed by atoms with E-state index in [1.165, 1.54) is 6.92 Å². The highest BCUT2D eigenvalue weighted by Gasteiger charge is 2.12. The van der Waals surface area contributed by atoms with Gasteiger partial charge in [0, 0.05) is 5.56 Å². The predicted octanol–water partition coefficient (Wildman–Crippen LogP) is 2.85. The van der Waals surface area contributed by atoms with Crippen molar-refractivity contribution in [3.8, 4) is 11.1 Å². The summed E-state index contributed by atoms with van der Waals surface area (Å²) in [6, 6.07) is 17.0. The Kier molecular flexibility index (Phi) is 5.44. The third-order valence-corrected chi connectivity index (χ3v) is 3.14. The van der Waals surface area contributed by atoms with Gasteiger partial charge < -0.3 is 9.84 Å². The minimum absolute atomic E-state index is 0.111. The lowest BCUT2D eigenvalue weighted by atomic mass is 10.0. The normalized spacial score (nSPS) is 11.7. The number of ketones is 1. The first-order valence-corrected chi connectivity index (χ1v) is 7.08.